The van der Waals surface area contributed by atoms with E-state index in [2.05, 4.69) is 10.3 Å². The molecule has 1 saturated heterocycles. The van der Waals surface area contributed by atoms with Crippen LogP contribution in [0.3, 0.4) is 0 Å². The Labute approximate surface area is 112 Å². The zero-order chi connectivity index (χ0) is 13.2. The monoisotopic (exact) mass is 299 g/mol. The van der Waals surface area contributed by atoms with Crippen molar-refractivity contribution >= 4 is 28.1 Å². The molecule has 1 N–H and O–H groups in total. The first-order valence-corrected chi connectivity index (χ1v) is 6.82. The molecule has 0 bridgehead atoms. The van der Waals surface area contributed by atoms with Crippen LogP contribution in [0.2, 0.25) is 5.15 Å². The third kappa shape index (κ3) is 4.29. The lowest BCUT2D eigenvalue weighted by atomic mass is 10.1. The van der Waals surface area contributed by atoms with Crippen molar-refractivity contribution in [2.75, 3.05) is 31.5 Å². The molecular formula is C10H13ClF3N3S. The van der Waals surface area contributed by atoms with Crippen LogP contribution in [0.25, 0.3) is 0 Å². The fraction of sp³-hybridized carbons (Fsp3) is 0.700. The molecule has 18 heavy (non-hydrogen) atoms. The van der Waals surface area contributed by atoms with Crippen LogP contribution in [-0.2, 0) is 0 Å². The van der Waals surface area contributed by atoms with Crippen molar-refractivity contribution in [1.29, 1.82) is 0 Å². The Hall–Kier alpha value is -0.530. The molecule has 1 aliphatic rings. The Kier molecular flexibility index (Phi) is 4.34. The fourth-order valence-corrected chi connectivity index (χ4v) is 2.89. The lowest BCUT2D eigenvalue weighted by molar-refractivity contribution is -0.143. The number of nitrogens with zero attached hydrogens (tertiary/aromatic N) is 2. The van der Waals surface area contributed by atoms with Crippen LogP contribution in [0, 0.1) is 5.92 Å². The van der Waals surface area contributed by atoms with Gasteiger partial charge in [-0.15, -0.1) is 11.3 Å². The molecule has 0 radical (unpaired) electrons. The van der Waals surface area contributed by atoms with E-state index in [1.165, 1.54) is 16.2 Å². The molecule has 3 nitrogen and oxygen atoms in total. The number of likely N-dealkylation sites (tertiary alicyclic amines) is 1. The molecule has 0 aliphatic carbocycles. The van der Waals surface area contributed by atoms with E-state index < -0.39 is 12.7 Å². The minimum atomic E-state index is -4.11. The molecule has 1 aromatic heterocycles. The number of hydrogen-bond acceptors (Lipinski definition) is 4. The Morgan fingerprint density at radius 2 is 2.33 bits per heavy atom. The van der Waals surface area contributed by atoms with Gasteiger partial charge < -0.3 is 5.32 Å². The predicted molar refractivity (Wildman–Crippen MR) is 66.2 cm³/mol. The zero-order valence-corrected chi connectivity index (χ0v) is 11.1. The zero-order valence-electron chi connectivity index (χ0n) is 9.50. The highest BCUT2D eigenvalue weighted by molar-refractivity contribution is 7.14. The molecule has 2 heterocycles. The van der Waals surface area contributed by atoms with Crippen LogP contribution < -0.4 is 5.32 Å². The molecule has 0 aromatic carbocycles. The third-order valence-electron chi connectivity index (χ3n) is 2.79. The molecule has 8 heteroatoms. The van der Waals surface area contributed by atoms with Gasteiger partial charge in [0.2, 0.25) is 0 Å². The van der Waals surface area contributed by atoms with E-state index in [1.807, 2.05) is 0 Å². The molecule has 2 rings (SSSR count). The third-order valence-corrected chi connectivity index (χ3v) is 3.91. The Bertz CT molecular complexity index is 396. The summed E-state index contributed by atoms with van der Waals surface area (Å²) in [5, 5.41) is 5.98. The van der Waals surface area contributed by atoms with Gasteiger partial charge >= 0.3 is 6.18 Å². The van der Waals surface area contributed by atoms with Crippen molar-refractivity contribution < 1.29 is 13.2 Å². The molecule has 1 unspecified atom stereocenters. The van der Waals surface area contributed by atoms with Gasteiger partial charge in [-0.05, 0) is 18.9 Å². The standard InChI is InChI=1S/C10H13ClF3N3S/c11-8-5-18-9(16-8)15-3-7-1-2-17(4-7)6-10(12,13)14/h5,7H,1-4,6H2,(H,15,16). The highest BCUT2D eigenvalue weighted by Gasteiger charge is 2.34. The first kappa shape index (κ1) is 13.9. The first-order chi connectivity index (χ1) is 8.42. The second-order valence-corrected chi connectivity index (χ2v) is 5.61. The quantitative estimate of drug-likeness (QED) is 0.926. The van der Waals surface area contributed by atoms with Gasteiger partial charge in [0.05, 0.1) is 6.54 Å². The summed E-state index contributed by atoms with van der Waals surface area (Å²) in [5.74, 6) is 0.232. The summed E-state index contributed by atoms with van der Waals surface area (Å²) in [6, 6.07) is 0. The maximum atomic E-state index is 12.2. The summed E-state index contributed by atoms with van der Waals surface area (Å²) in [5.41, 5.74) is 0. The van der Waals surface area contributed by atoms with E-state index >= 15 is 0 Å². The van der Waals surface area contributed by atoms with E-state index in [1.54, 1.807) is 5.38 Å². The van der Waals surface area contributed by atoms with Crippen molar-refractivity contribution in [2.45, 2.75) is 12.6 Å². The van der Waals surface area contributed by atoms with E-state index in [-0.39, 0.29) is 5.92 Å². The van der Waals surface area contributed by atoms with Gasteiger partial charge in [-0.3, -0.25) is 4.90 Å². The summed E-state index contributed by atoms with van der Waals surface area (Å²) in [4.78, 5) is 5.47. The van der Waals surface area contributed by atoms with Gasteiger partial charge in [0.25, 0.3) is 0 Å². The summed E-state index contributed by atoms with van der Waals surface area (Å²) in [7, 11) is 0. The lowest BCUT2D eigenvalue weighted by Crippen LogP contribution is -2.33. The average molecular weight is 300 g/mol. The van der Waals surface area contributed by atoms with E-state index in [9.17, 15) is 13.2 Å². The van der Waals surface area contributed by atoms with Gasteiger partial charge in [0.15, 0.2) is 5.13 Å². The van der Waals surface area contributed by atoms with Gasteiger partial charge in [-0.25, -0.2) is 4.98 Å². The summed E-state index contributed by atoms with van der Waals surface area (Å²) < 4.78 is 36.6. The molecule has 0 amide bonds. The second kappa shape index (κ2) is 5.63. The Morgan fingerprint density at radius 3 is 2.94 bits per heavy atom. The average Bonchev–Trinajstić information content (AvgIpc) is 2.82. The van der Waals surface area contributed by atoms with Crippen molar-refractivity contribution in [3.8, 4) is 0 Å². The van der Waals surface area contributed by atoms with Gasteiger partial charge in [0.1, 0.15) is 5.15 Å². The van der Waals surface area contributed by atoms with E-state index in [0.717, 1.165) is 6.42 Å². The molecule has 1 atom stereocenters. The largest absolute Gasteiger partial charge is 0.401 e. The Balaban J connectivity index is 1.73. The number of halogens is 4. The molecule has 1 aromatic rings. The minimum absolute atomic E-state index is 0.232. The number of hydrogen-bond donors (Lipinski definition) is 1. The summed E-state index contributed by atoms with van der Waals surface area (Å²) >= 11 is 7.07. The molecule has 1 aliphatic heterocycles. The number of aromatic nitrogens is 1. The summed E-state index contributed by atoms with van der Waals surface area (Å²) in [6.45, 7) is 0.806. The van der Waals surface area contributed by atoms with Crippen molar-refractivity contribution in [3.63, 3.8) is 0 Å². The molecule has 0 spiro atoms. The molecular weight excluding hydrogens is 287 g/mol. The number of nitrogens with one attached hydrogen (secondary N) is 1. The Morgan fingerprint density at radius 1 is 1.56 bits per heavy atom. The molecule has 0 saturated carbocycles. The van der Waals surface area contributed by atoms with Crippen LogP contribution in [-0.4, -0.2) is 42.2 Å². The molecule has 1 fully saturated rings. The van der Waals surface area contributed by atoms with Gasteiger partial charge in [-0.1, -0.05) is 11.6 Å². The number of thiazole rings is 1. The highest BCUT2D eigenvalue weighted by Crippen LogP contribution is 2.24. The second-order valence-electron chi connectivity index (χ2n) is 4.36. The van der Waals surface area contributed by atoms with Crippen LogP contribution in [0.4, 0.5) is 18.3 Å². The summed E-state index contributed by atoms with van der Waals surface area (Å²) in [6.07, 6.45) is -3.33. The van der Waals surface area contributed by atoms with E-state index in [0.29, 0.717) is 29.9 Å². The SMILES string of the molecule is FC(F)(F)CN1CCC(CNc2nc(Cl)cs2)C1. The maximum absolute atomic E-state index is 12.2. The van der Waals surface area contributed by atoms with Gasteiger partial charge in [-0.2, -0.15) is 13.2 Å². The molecule has 102 valence electrons. The number of rotatable bonds is 4. The predicted octanol–water partition coefficient (Wildman–Crippen LogP) is 3.09. The first-order valence-electron chi connectivity index (χ1n) is 5.56. The smallest absolute Gasteiger partial charge is 0.361 e. The lowest BCUT2D eigenvalue weighted by Gasteiger charge is -2.17. The van der Waals surface area contributed by atoms with Crippen molar-refractivity contribution in [2.24, 2.45) is 5.92 Å². The van der Waals surface area contributed by atoms with Crippen LogP contribution in [0.5, 0.6) is 0 Å². The van der Waals surface area contributed by atoms with E-state index in [4.69, 9.17) is 11.6 Å². The minimum Gasteiger partial charge on any atom is -0.361 e. The highest BCUT2D eigenvalue weighted by atomic mass is 35.5. The normalized spacial score (nSPS) is 21.4. The number of alkyl halides is 3. The van der Waals surface area contributed by atoms with Gasteiger partial charge in [0, 0.05) is 18.5 Å². The van der Waals surface area contributed by atoms with Crippen LogP contribution in [0.1, 0.15) is 6.42 Å². The van der Waals surface area contributed by atoms with Crippen molar-refractivity contribution in [3.05, 3.63) is 10.5 Å². The number of anilines is 1. The maximum Gasteiger partial charge on any atom is 0.401 e. The van der Waals surface area contributed by atoms with Crippen molar-refractivity contribution in [1.82, 2.24) is 9.88 Å². The van der Waals surface area contributed by atoms with Crippen LogP contribution >= 0.6 is 22.9 Å². The fourth-order valence-electron chi connectivity index (χ4n) is 2.04. The van der Waals surface area contributed by atoms with Crippen LogP contribution in [0.15, 0.2) is 5.38 Å². The topological polar surface area (TPSA) is 28.2 Å².